The highest BCUT2D eigenvalue weighted by Crippen LogP contribution is 2.20. The molecular formula is C13H21ClN2O3. The third kappa shape index (κ3) is 5.20. The Morgan fingerprint density at radius 1 is 1.53 bits per heavy atom. The van der Waals surface area contributed by atoms with Crippen molar-refractivity contribution in [3.05, 3.63) is 16.5 Å². The normalized spacial score (nSPS) is 12.7. The van der Waals surface area contributed by atoms with Gasteiger partial charge in [-0.1, -0.05) is 19.0 Å². The van der Waals surface area contributed by atoms with Crippen LogP contribution in [0.1, 0.15) is 37.9 Å². The summed E-state index contributed by atoms with van der Waals surface area (Å²) in [6.45, 7) is 5.85. The number of hydrogen-bond donors (Lipinski definition) is 2. The fourth-order valence-corrected chi connectivity index (χ4v) is 2.19. The van der Waals surface area contributed by atoms with Gasteiger partial charge in [-0.3, -0.25) is 4.79 Å². The Kier molecular flexibility index (Phi) is 6.31. The van der Waals surface area contributed by atoms with Crippen LogP contribution in [0.5, 0.6) is 0 Å². The Labute approximate surface area is 118 Å². The summed E-state index contributed by atoms with van der Waals surface area (Å²) in [6.07, 6.45) is 1.55. The van der Waals surface area contributed by atoms with Crippen molar-refractivity contribution < 1.29 is 14.4 Å². The van der Waals surface area contributed by atoms with Crippen molar-refractivity contribution in [1.29, 1.82) is 0 Å². The number of hydrogen-bond acceptors (Lipinski definition) is 4. The third-order valence-corrected chi connectivity index (χ3v) is 3.18. The lowest BCUT2D eigenvalue weighted by atomic mass is 10.0. The molecule has 1 rings (SSSR count). The summed E-state index contributed by atoms with van der Waals surface area (Å²) in [4.78, 5) is 11.8. The van der Waals surface area contributed by atoms with Crippen LogP contribution in [0.4, 0.5) is 0 Å². The van der Waals surface area contributed by atoms with Crippen molar-refractivity contribution in [2.45, 2.75) is 46.1 Å². The molecule has 0 saturated heterocycles. The monoisotopic (exact) mass is 288 g/mol. The molecule has 1 aromatic heterocycles. The average Bonchev–Trinajstić information content (AvgIpc) is 2.65. The Bertz CT molecular complexity index is 399. The lowest BCUT2D eigenvalue weighted by molar-refractivity contribution is -0.122. The van der Waals surface area contributed by atoms with E-state index in [2.05, 4.69) is 24.3 Å². The fraction of sp³-hybridized carbons (Fsp3) is 0.692. The molecule has 0 aliphatic heterocycles. The van der Waals surface area contributed by atoms with Gasteiger partial charge < -0.3 is 14.9 Å². The molecule has 0 aliphatic carbocycles. The summed E-state index contributed by atoms with van der Waals surface area (Å²) in [6, 6.07) is -0.188. The number of nitrogens with one attached hydrogen (secondary N) is 1. The van der Waals surface area contributed by atoms with Gasteiger partial charge in [0.05, 0.1) is 18.3 Å². The summed E-state index contributed by atoms with van der Waals surface area (Å²) >= 11 is 5.83. The number of aliphatic hydroxyl groups excluding tert-OH is 1. The summed E-state index contributed by atoms with van der Waals surface area (Å²) in [5, 5.41) is 16.0. The van der Waals surface area contributed by atoms with Gasteiger partial charge in [0.1, 0.15) is 0 Å². The molecule has 108 valence electrons. The van der Waals surface area contributed by atoms with E-state index in [-0.39, 0.29) is 23.8 Å². The first-order valence-corrected chi connectivity index (χ1v) is 6.82. The predicted molar refractivity (Wildman–Crippen MR) is 73.0 cm³/mol. The summed E-state index contributed by atoms with van der Waals surface area (Å²) in [5.41, 5.74) is 1.47. The van der Waals surface area contributed by atoms with Gasteiger partial charge in [0.2, 0.25) is 11.1 Å². The van der Waals surface area contributed by atoms with Crippen molar-refractivity contribution >= 4 is 17.5 Å². The maximum atomic E-state index is 11.8. The first kappa shape index (κ1) is 16.0. The standard InChI is InChI=1S/C13H21ClN2O3/c1-8(2)6-10(7-17)15-12(18)5-4-11-9(3)16-19-13(11)14/h8,10,17H,4-7H2,1-3H3,(H,15,18). The SMILES string of the molecule is Cc1noc(Cl)c1CCC(=O)NC(CO)CC(C)C. The van der Waals surface area contributed by atoms with Gasteiger partial charge in [-0.05, 0) is 37.3 Å². The van der Waals surface area contributed by atoms with E-state index in [4.69, 9.17) is 16.1 Å². The minimum absolute atomic E-state index is 0.0447. The Hall–Kier alpha value is -1.07. The molecule has 0 aromatic carbocycles. The van der Waals surface area contributed by atoms with E-state index < -0.39 is 0 Å². The molecule has 0 saturated carbocycles. The number of rotatable bonds is 7. The van der Waals surface area contributed by atoms with Crippen LogP contribution in [-0.2, 0) is 11.2 Å². The van der Waals surface area contributed by atoms with Gasteiger partial charge in [0, 0.05) is 12.0 Å². The summed E-state index contributed by atoms with van der Waals surface area (Å²) in [5.74, 6) is 0.323. The first-order chi connectivity index (χ1) is 8.93. The Balaban J connectivity index is 2.43. The van der Waals surface area contributed by atoms with E-state index in [0.29, 0.717) is 24.5 Å². The van der Waals surface area contributed by atoms with Crippen molar-refractivity contribution in [2.75, 3.05) is 6.61 Å². The van der Waals surface area contributed by atoms with E-state index in [1.165, 1.54) is 0 Å². The minimum atomic E-state index is -0.188. The molecule has 5 nitrogen and oxygen atoms in total. The van der Waals surface area contributed by atoms with Crippen LogP contribution in [0.25, 0.3) is 0 Å². The number of halogens is 1. The van der Waals surface area contributed by atoms with Crippen LogP contribution in [0.2, 0.25) is 5.22 Å². The first-order valence-electron chi connectivity index (χ1n) is 6.44. The number of aryl methyl sites for hydroxylation is 1. The molecule has 1 aromatic rings. The Morgan fingerprint density at radius 3 is 2.68 bits per heavy atom. The zero-order valence-electron chi connectivity index (χ0n) is 11.6. The van der Waals surface area contributed by atoms with Gasteiger partial charge in [-0.25, -0.2) is 0 Å². The van der Waals surface area contributed by atoms with E-state index in [9.17, 15) is 9.90 Å². The zero-order valence-corrected chi connectivity index (χ0v) is 12.3. The fourth-order valence-electron chi connectivity index (χ4n) is 1.93. The second kappa shape index (κ2) is 7.50. The molecule has 1 unspecified atom stereocenters. The lowest BCUT2D eigenvalue weighted by Crippen LogP contribution is -2.38. The molecule has 1 heterocycles. The van der Waals surface area contributed by atoms with E-state index >= 15 is 0 Å². The molecule has 0 radical (unpaired) electrons. The van der Waals surface area contributed by atoms with Gasteiger partial charge in [0.25, 0.3) is 0 Å². The van der Waals surface area contributed by atoms with E-state index in [0.717, 1.165) is 12.0 Å². The topological polar surface area (TPSA) is 75.4 Å². The molecule has 19 heavy (non-hydrogen) atoms. The van der Waals surface area contributed by atoms with Crippen LogP contribution in [0.15, 0.2) is 4.52 Å². The highest BCUT2D eigenvalue weighted by molar-refractivity contribution is 6.29. The number of aliphatic hydroxyl groups is 1. The largest absolute Gasteiger partial charge is 0.394 e. The lowest BCUT2D eigenvalue weighted by Gasteiger charge is -2.18. The molecule has 0 fully saturated rings. The number of nitrogens with zero attached hydrogens (tertiary/aromatic N) is 1. The average molecular weight is 289 g/mol. The van der Waals surface area contributed by atoms with E-state index in [1.54, 1.807) is 6.92 Å². The minimum Gasteiger partial charge on any atom is -0.394 e. The zero-order chi connectivity index (χ0) is 14.4. The molecule has 1 amide bonds. The Morgan fingerprint density at radius 2 is 2.21 bits per heavy atom. The number of carbonyl (C=O) groups excluding carboxylic acids is 1. The van der Waals surface area contributed by atoms with Crippen LogP contribution in [0, 0.1) is 12.8 Å². The smallest absolute Gasteiger partial charge is 0.229 e. The van der Waals surface area contributed by atoms with Gasteiger partial charge >= 0.3 is 0 Å². The molecule has 6 heteroatoms. The third-order valence-electron chi connectivity index (χ3n) is 2.88. The summed E-state index contributed by atoms with van der Waals surface area (Å²) in [7, 11) is 0. The van der Waals surface area contributed by atoms with Crippen molar-refractivity contribution in [1.82, 2.24) is 10.5 Å². The maximum Gasteiger partial charge on any atom is 0.229 e. The molecule has 2 N–H and O–H groups in total. The molecule has 0 bridgehead atoms. The highest BCUT2D eigenvalue weighted by atomic mass is 35.5. The second-order valence-electron chi connectivity index (χ2n) is 5.10. The number of carbonyl (C=O) groups is 1. The van der Waals surface area contributed by atoms with Crippen molar-refractivity contribution in [3.8, 4) is 0 Å². The summed E-state index contributed by atoms with van der Waals surface area (Å²) < 4.78 is 4.83. The van der Waals surface area contributed by atoms with Crippen LogP contribution in [0.3, 0.4) is 0 Å². The molecular weight excluding hydrogens is 268 g/mol. The quantitative estimate of drug-likeness (QED) is 0.805. The van der Waals surface area contributed by atoms with Gasteiger partial charge in [-0.15, -0.1) is 0 Å². The van der Waals surface area contributed by atoms with Crippen LogP contribution >= 0.6 is 11.6 Å². The molecule has 0 aliphatic rings. The highest BCUT2D eigenvalue weighted by Gasteiger charge is 2.15. The predicted octanol–water partition coefficient (Wildman–Crippen LogP) is 2.09. The van der Waals surface area contributed by atoms with Crippen molar-refractivity contribution in [2.24, 2.45) is 5.92 Å². The van der Waals surface area contributed by atoms with Gasteiger partial charge in [-0.2, -0.15) is 0 Å². The van der Waals surface area contributed by atoms with Crippen LogP contribution < -0.4 is 5.32 Å². The molecule has 0 spiro atoms. The number of amides is 1. The second-order valence-corrected chi connectivity index (χ2v) is 5.44. The maximum absolute atomic E-state index is 11.8. The molecule has 1 atom stereocenters. The van der Waals surface area contributed by atoms with Crippen molar-refractivity contribution in [3.63, 3.8) is 0 Å². The van der Waals surface area contributed by atoms with Crippen LogP contribution in [-0.4, -0.2) is 28.8 Å². The number of aromatic nitrogens is 1. The van der Waals surface area contributed by atoms with E-state index in [1.807, 2.05) is 0 Å². The van der Waals surface area contributed by atoms with Gasteiger partial charge in [0.15, 0.2) is 0 Å².